The molecule has 2 saturated heterocycles. The van der Waals surface area contributed by atoms with Crippen LogP contribution in [0.25, 0.3) is 0 Å². The molecule has 7 nitrogen and oxygen atoms in total. The van der Waals surface area contributed by atoms with Gasteiger partial charge >= 0.3 is 0 Å². The quantitative estimate of drug-likeness (QED) is 0.767. The topological polar surface area (TPSA) is 82.7 Å². The van der Waals surface area contributed by atoms with E-state index in [4.69, 9.17) is 4.52 Å². The van der Waals surface area contributed by atoms with Crippen molar-refractivity contribution in [2.75, 3.05) is 26.2 Å². The van der Waals surface area contributed by atoms with E-state index in [2.05, 4.69) is 27.2 Å². The Balaban J connectivity index is 1.25. The number of benzene rings is 1. The van der Waals surface area contributed by atoms with Gasteiger partial charge in [-0.25, -0.2) is 0 Å². The Bertz CT molecular complexity index is 897. The molecule has 2 aromatic rings. The highest BCUT2D eigenvalue weighted by Crippen LogP contribution is 2.34. The maximum absolute atomic E-state index is 12.4. The minimum atomic E-state index is -1.12. The number of nitrogens with zero attached hydrogens (tertiary/aromatic N) is 4. The summed E-state index contributed by atoms with van der Waals surface area (Å²) in [6.45, 7) is 3.75. The molecular formula is C24H32N4O3. The predicted octanol–water partition coefficient (Wildman–Crippen LogP) is 3.06. The maximum Gasteiger partial charge on any atom is 0.259 e. The number of carbonyl (C=O) groups excluding carboxylic acids is 1. The summed E-state index contributed by atoms with van der Waals surface area (Å²) >= 11 is 0. The molecule has 3 heterocycles. The first kappa shape index (κ1) is 20.6. The third-order valence-corrected chi connectivity index (χ3v) is 7.21. The summed E-state index contributed by atoms with van der Waals surface area (Å²) in [5.74, 6) is 1.94. The van der Waals surface area contributed by atoms with Gasteiger partial charge in [-0.1, -0.05) is 41.9 Å². The van der Waals surface area contributed by atoms with Crippen molar-refractivity contribution in [3.05, 3.63) is 47.6 Å². The van der Waals surface area contributed by atoms with E-state index in [-0.39, 0.29) is 11.8 Å². The molecule has 1 aromatic heterocycles. The first-order valence-electron chi connectivity index (χ1n) is 11.7. The Morgan fingerprint density at radius 2 is 2.00 bits per heavy atom. The van der Waals surface area contributed by atoms with E-state index >= 15 is 0 Å². The average Bonchev–Trinajstić information content (AvgIpc) is 3.24. The highest BCUT2D eigenvalue weighted by atomic mass is 16.5. The smallest absolute Gasteiger partial charge is 0.259 e. The van der Waals surface area contributed by atoms with Crippen LogP contribution in [-0.2, 0) is 16.9 Å². The molecule has 1 N–H and O–H groups in total. The number of β-amino-alcohol motifs (C(OH)–C–C–N with tert-alkyl or cyclic N) is 1. The number of carbonyl (C=O) groups is 1. The molecule has 1 aliphatic carbocycles. The molecule has 0 spiro atoms. The van der Waals surface area contributed by atoms with Crippen molar-refractivity contribution in [2.45, 2.75) is 63.0 Å². The fourth-order valence-electron chi connectivity index (χ4n) is 5.15. The Labute approximate surface area is 183 Å². The highest BCUT2D eigenvalue weighted by Gasteiger charge is 2.41. The molecule has 7 heteroatoms. The molecule has 166 valence electrons. The Hall–Kier alpha value is -2.25. The molecule has 31 heavy (non-hydrogen) atoms. The van der Waals surface area contributed by atoms with Crippen LogP contribution in [0.3, 0.4) is 0 Å². The van der Waals surface area contributed by atoms with Gasteiger partial charge in [0.1, 0.15) is 0 Å². The molecule has 0 radical (unpaired) electrons. The maximum atomic E-state index is 12.4. The number of likely N-dealkylation sites (tertiary alicyclic amines) is 2. The van der Waals surface area contributed by atoms with Crippen LogP contribution in [0.2, 0.25) is 0 Å². The van der Waals surface area contributed by atoms with Crippen LogP contribution in [0.4, 0.5) is 0 Å². The lowest BCUT2D eigenvalue weighted by molar-refractivity contribution is -0.135. The highest BCUT2D eigenvalue weighted by molar-refractivity contribution is 5.77. The number of hydrogen-bond acceptors (Lipinski definition) is 6. The minimum Gasteiger partial charge on any atom is -0.379 e. The van der Waals surface area contributed by atoms with Crippen LogP contribution >= 0.6 is 0 Å². The van der Waals surface area contributed by atoms with Crippen molar-refractivity contribution in [3.8, 4) is 0 Å². The van der Waals surface area contributed by atoms with Crippen LogP contribution in [0.15, 0.2) is 34.9 Å². The van der Waals surface area contributed by atoms with Crippen molar-refractivity contribution >= 4 is 5.91 Å². The van der Waals surface area contributed by atoms with Gasteiger partial charge in [0.25, 0.3) is 5.89 Å². The second-order valence-electron chi connectivity index (χ2n) is 9.62. The van der Waals surface area contributed by atoms with Crippen molar-refractivity contribution in [3.63, 3.8) is 0 Å². The zero-order chi connectivity index (χ0) is 21.3. The second-order valence-corrected chi connectivity index (χ2v) is 9.62. The lowest BCUT2D eigenvalue weighted by Crippen LogP contribution is -2.46. The summed E-state index contributed by atoms with van der Waals surface area (Å²) in [6, 6.07) is 10.3. The van der Waals surface area contributed by atoms with Crippen LogP contribution in [0.1, 0.15) is 68.1 Å². The standard InChI is InChI=1S/C24H32N4O3/c29-21-11-10-20(16-28(21)15-19-8-4-9-19)22-25-23(31-26-22)24(30)12-5-13-27(17-24)14-18-6-2-1-3-7-18/h1-3,6-7,19-20,30H,4-5,8-17H2. The average molecular weight is 425 g/mol. The van der Waals surface area contributed by atoms with Crippen molar-refractivity contribution < 1.29 is 14.4 Å². The summed E-state index contributed by atoms with van der Waals surface area (Å²) in [6.07, 6.45) is 6.53. The van der Waals surface area contributed by atoms with Gasteiger partial charge in [0, 0.05) is 38.5 Å². The van der Waals surface area contributed by atoms with Crippen LogP contribution in [0, 0.1) is 5.92 Å². The molecule has 3 fully saturated rings. The number of amides is 1. The monoisotopic (exact) mass is 424 g/mol. The van der Waals surface area contributed by atoms with Crippen LogP contribution < -0.4 is 0 Å². The van der Waals surface area contributed by atoms with Gasteiger partial charge in [0.05, 0.1) is 0 Å². The lowest BCUT2D eigenvalue weighted by Gasteiger charge is -2.37. The van der Waals surface area contributed by atoms with Gasteiger partial charge in [-0.05, 0) is 50.1 Å². The van der Waals surface area contributed by atoms with Crippen molar-refractivity contribution in [1.82, 2.24) is 19.9 Å². The predicted molar refractivity (Wildman–Crippen MR) is 115 cm³/mol. The van der Waals surface area contributed by atoms with Crippen LogP contribution in [0.5, 0.6) is 0 Å². The van der Waals surface area contributed by atoms with Crippen molar-refractivity contribution in [1.29, 1.82) is 0 Å². The van der Waals surface area contributed by atoms with E-state index in [0.29, 0.717) is 43.6 Å². The van der Waals surface area contributed by atoms with E-state index in [1.54, 1.807) is 0 Å². The molecule has 2 unspecified atom stereocenters. The fraction of sp³-hybridized carbons (Fsp3) is 0.625. The summed E-state index contributed by atoms with van der Waals surface area (Å²) < 4.78 is 5.59. The lowest BCUT2D eigenvalue weighted by atomic mass is 9.84. The third-order valence-electron chi connectivity index (χ3n) is 7.21. The first-order chi connectivity index (χ1) is 15.1. The number of hydrogen-bond donors (Lipinski definition) is 1. The summed E-state index contributed by atoms with van der Waals surface area (Å²) in [7, 11) is 0. The Kier molecular flexibility index (Phi) is 5.80. The van der Waals surface area contributed by atoms with Gasteiger partial charge in [0.2, 0.25) is 5.91 Å². The molecular weight excluding hydrogens is 392 g/mol. The van der Waals surface area contributed by atoms with Gasteiger partial charge < -0.3 is 14.5 Å². The SMILES string of the molecule is O=C1CCC(c2noc(C3(O)CCCN(Cc4ccccc4)C3)n2)CN1CC1CCC1. The second kappa shape index (κ2) is 8.71. The van der Waals surface area contributed by atoms with E-state index in [9.17, 15) is 9.90 Å². The number of aliphatic hydroxyl groups is 1. The molecule has 0 bridgehead atoms. The molecule has 5 rings (SSSR count). The van der Waals surface area contributed by atoms with Gasteiger partial charge in [0.15, 0.2) is 11.4 Å². The molecule has 1 aromatic carbocycles. The van der Waals surface area contributed by atoms with E-state index in [1.165, 1.54) is 24.8 Å². The minimum absolute atomic E-state index is 0.0860. The van der Waals surface area contributed by atoms with Gasteiger partial charge in [-0.2, -0.15) is 4.98 Å². The number of aromatic nitrogens is 2. The first-order valence-corrected chi connectivity index (χ1v) is 11.7. The fourth-order valence-corrected chi connectivity index (χ4v) is 5.15. The number of rotatable bonds is 6. The van der Waals surface area contributed by atoms with Crippen molar-refractivity contribution in [2.24, 2.45) is 5.92 Å². The summed E-state index contributed by atoms with van der Waals surface area (Å²) in [4.78, 5) is 21.2. The zero-order valence-electron chi connectivity index (χ0n) is 18.1. The molecule has 2 aliphatic heterocycles. The number of piperidine rings is 2. The molecule has 3 aliphatic rings. The Morgan fingerprint density at radius 3 is 2.77 bits per heavy atom. The van der Waals surface area contributed by atoms with Gasteiger partial charge in [-0.15, -0.1) is 0 Å². The molecule has 1 amide bonds. The molecule has 1 saturated carbocycles. The third kappa shape index (κ3) is 4.53. The van der Waals surface area contributed by atoms with E-state index < -0.39 is 5.60 Å². The van der Waals surface area contributed by atoms with E-state index in [1.807, 2.05) is 23.1 Å². The van der Waals surface area contributed by atoms with Crippen LogP contribution in [-0.4, -0.2) is 57.1 Å². The van der Waals surface area contributed by atoms with E-state index in [0.717, 1.165) is 32.5 Å². The zero-order valence-corrected chi connectivity index (χ0v) is 18.1. The Morgan fingerprint density at radius 1 is 1.16 bits per heavy atom. The largest absolute Gasteiger partial charge is 0.379 e. The summed E-state index contributed by atoms with van der Waals surface area (Å²) in [5.41, 5.74) is 0.116. The summed E-state index contributed by atoms with van der Waals surface area (Å²) in [5, 5.41) is 15.6. The normalized spacial score (nSPS) is 28.0. The molecule has 2 atom stereocenters. The van der Waals surface area contributed by atoms with Gasteiger partial charge in [-0.3, -0.25) is 9.69 Å².